The van der Waals surface area contributed by atoms with Gasteiger partial charge in [-0.25, -0.2) is 9.97 Å². The van der Waals surface area contributed by atoms with Crippen molar-refractivity contribution in [3.05, 3.63) is 28.2 Å². The Morgan fingerprint density at radius 1 is 1.40 bits per heavy atom. The molecule has 6 nitrogen and oxygen atoms in total. The number of aromatic nitrogens is 3. The second-order valence-corrected chi connectivity index (χ2v) is 5.51. The fourth-order valence-corrected chi connectivity index (χ4v) is 2.71. The van der Waals surface area contributed by atoms with Gasteiger partial charge in [-0.3, -0.25) is 10.1 Å². The van der Waals surface area contributed by atoms with Crippen molar-refractivity contribution < 1.29 is 4.79 Å². The van der Waals surface area contributed by atoms with Crippen LogP contribution in [0.15, 0.2) is 17.8 Å². The Morgan fingerprint density at radius 2 is 2.20 bits per heavy atom. The summed E-state index contributed by atoms with van der Waals surface area (Å²) in [5, 5.41) is 7.73. The Hall–Kier alpha value is -2.02. The lowest BCUT2D eigenvalue weighted by molar-refractivity contribution is -0.105. The number of anilines is 2. The number of aryl methyl sites for hydroxylation is 2. The Morgan fingerprint density at radius 3 is 2.90 bits per heavy atom. The molecule has 0 aliphatic heterocycles. The van der Waals surface area contributed by atoms with Crippen LogP contribution in [0, 0.1) is 6.92 Å². The highest BCUT2D eigenvalue weighted by Crippen LogP contribution is 2.18. The van der Waals surface area contributed by atoms with E-state index in [2.05, 4.69) is 50.9 Å². The van der Waals surface area contributed by atoms with Crippen LogP contribution in [0.2, 0.25) is 0 Å². The van der Waals surface area contributed by atoms with Crippen LogP contribution in [0.1, 0.15) is 23.8 Å². The Labute approximate surface area is 121 Å². The van der Waals surface area contributed by atoms with Crippen LogP contribution in [0.3, 0.4) is 0 Å². The first-order valence-corrected chi connectivity index (χ1v) is 7.25. The molecule has 2 rings (SSSR count). The number of nitrogens with zero attached hydrogens (tertiary/aromatic N) is 3. The second-order valence-electron chi connectivity index (χ2n) is 4.51. The van der Waals surface area contributed by atoms with Crippen molar-refractivity contribution in [1.29, 1.82) is 0 Å². The molecule has 1 atom stereocenters. The lowest BCUT2D eigenvalue weighted by atomic mass is 10.1. The van der Waals surface area contributed by atoms with Gasteiger partial charge in [0.1, 0.15) is 6.33 Å². The summed E-state index contributed by atoms with van der Waals surface area (Å²) < 4.78 is 0. The number of rotatable bonds is 7. The third-order valence-electron chi connectivity index (χ3n) is 2.91. The Balaban J connectivity index is 1.87. The van der Waals surface area contributed by atoms with Gasteiger partial charge >= 0.3 is 0 Å². The minimum atomic E-state index is 0.239. The fraction of sp³-hybridized carbons (Fsp3) is 0.385. The van der Waals surface area contributed by atoms with Crippen LogP contribution in [-0.4, -0.2) is 27.4 Å². The van der Waals surface area contributed by atoms with Crippen LogP contribution >= 0.6 is 11.3 Å². The normalized spacial score (nSPS) is 11.9. The van der Waals surface area contributed by atoms with E-state index in [-0.39, 0.29) is 12.0 Å². The summed E-state index contributed by atoms with van der Waals surface area (Å²) in [5.74, 6) is 0.721. The van der Waals surface area contributed by atoms with E-state index < -0.39 is 0 Å². The lowest BCUT2D eigenvalue weighted by Gasteiger charge is -2.13. The summed E-state index contributed by atoms with van der Waals surface area (Å²) >= 11 is 1.79. The van der Waals surface area contributed by atoms with Gasteiger partial charge in [-0.15, -0.1) is 11.3 Å². The van der Waals surface area contributed by atoms with E-state index in [0.29, 0.717) is 12.4 Å². The zero-order valence-electron chi connectivity index (χ0n) is 11.5. The summed E-state index contributed by atoms with van der Waals surface area (Å²) in [4.78, 5) is 23.7. The van der Waals surface area contributed by atoms with Gasteiger partial charge in [0, 0.05) is 10.9 Å². The van der Waals surface area contributed by atoms with Crippen LogP contribution < -0.4 is 10.6 Å². The van der Waals surface area contributed by atoms with Crippen molar-refractivity contribution in [2.45, 2.75) is 32.7 Å². The summed E-state index contributed by atoms with van der Waals surface area (Å²) in [5.41, 5.74) is 1.35. The minimum absolute atomic E-state index is 0.239. The Bertz CT molecular complexity index is 571. The van der Waals surface area contributed by atoms with Crippen LogP contribution in [-0.2, 0) is 11.2 Å². The van der Waals surface area contributed by atoms with Crippen molar-refractivity contribution in [3.8, 4) is 0 Å². The maximum atomic E-state index is 10.3. The van der Waals surface area contributed by atoms with Crippen LogP contribution in [0.5, 0.6) is 0 Å². The number of carbonyl (C=O) groups is 1. The molecule has 0 aliphatic rings. The molecular formula is C13H17N5OS. The first-order chi connectivity index (χ1) is 9.69. The predicted octanol–water partition coefficient (Wildman–Crippen LogP) is 2.24. The van der Waals surface area contributed by atoms with E-state index in [9.17, 15) is 4.79 Å². The maximum absolute atomic E-state index is 10.3. The van der Waals surface area contributed by atoms with Gasteiger partial charge in [0.2, 0.25) is 18.3 Å². The zero-order chi connectivity index (χ0) is 14.4. The number of hydrogen-bond donors (Lipinski definition) is 2. The number of carbonyl (C=O) groups excluding carboxylic acids is 1. The van der Waals surface area contributed by atoms with Crippen molar-refractivity contribution in [2.24, 2.45) is 0 Å². The molecule has 7 heteroatoms. The first-order valence-electron chi connectivity index (χ1n) is 6.37. The maximum Gasteiger partial charge on any atom is 0.233 e. The second kappa shape index (κ2) is 6.95. The zero-order valence-corrected chi connectivity index (χ0v) is 12.3. The van der Waals surface area contributed by atoms with Crippen molar-refractivity contribution in [3.63, 3.8) is 0 Å². The molecule has 2 aromatic heterocycles. The fourth-order valence-electron chi connectivity index (χ4n) is 1.79. The third kappa shape index (κ3) is 3.99. The largest absolute Gasteiger partial charge is 0.352 e. The van der Waals surface area contributed by atoms with E-state index in [1.165, 1.54) is 16.8 Å². The van der Waals surface area contributed by atoms with Crippen LogP contribution in [0.25, 0.3) is 0 Å². The van der Waals surface area contributed by atoms with E-state index in [1.54, 1.807) is 11.3 Å². The molecule has 106 valence electrons. The average molecular weight is 291 g/mol. The third-order valence-corrected chi connectivity index (χ3v) is 3.99. The standard InChI is InChI=1S/C13H17N5OS/c1-9-5-6-20-11(9)4-3-10(2)17-13-15-7-14-12(18-13)16-8-19/h5-8,10H,3-4H2,1-2H3,(H2,14,15,16,17,18,19). The smallest absolute Gasteiger partial charge is 0.233 e. The quantitative estimate of drug-likeness (QED) is 0.765. The minimum Gasteiger partial charge on any atom is -0.352 e. The summed E-state index contributed by atoms with van der Waals surface area (Å²) in [6.45, 7) is 4.22. The van der Waals surface area contributed by atoms with E-state index in [1.807, 2.05) is 0 Å². The lowest BCUT2D eigenvalue weighted by Crippen LogP contribution is -2.18. The summed E-state index contributed by atoms with van der Waals surface area (Å²) in [6, 6.07) is 2.38. The summed E-state index contributed by atoms with van der Waals surface area (Å²) in [7, 11) is 0. The molecule has 20 heavy (non-hydrogen) atoms. The molecule has 2 heterocycles. The van der Waals surface area contributed by atoms with Gasteiger partial charge in [-0.2, -0.15) is 4.98 Å². The summed E-state index contributed by atoms with van der Waals surface area (Å²) in [6.07, 6.45) is 3.94. The van der Waals surface area contributed by atoms with E-state index >= 15 is 0 Å². The Kier molecular flexibility index (Phi) is 5.00. The number of thiophene rings is 1. The molecule has 1 unspecified atom stereocenters. The first kappa shape index (κ1) is 14.4. The highest BCUT2D eigenvalue weighted by Gasteiger charge is 2.07. The molecule has 0 saturated heterocycles. The molecule has 0 aromatic carbocycles. The van der Waals surface area contributed by atoms with Gasteiger partial charge in [0.25, 0.3) is 0 Å². The highest BCUT2D eigenvalue weighted by atomic mass is 32.1. The molecule has 0 fully saturated rings. The average Bonchev–Trinajstić information content (AvgIpc) is 2.83. The molecule has 2 N–H and O–H groups in total. The monoisotopic (exact) mass is 291 g/mol. The molecule has 0 bridgehead atoms. The van der Waals surface area contributed by atoms with Gasteiger partial charge < -0.3 is 5.32 Å². The molecule has 0 saturated carbocycles. The number of hydrogen-bond acceptors (Lipinski definition) is 6. The molecule has 0 aliphatic carbocycles. The topological polar surface area (TPSA) is 79.8 Å². The van der Waals surface area contributed by atoms with Gasteiger partial charge in [-0.1, -0.05) is 0 Å². The molecule has 0 radical (unpaired) electrons. The van der Waals surface area contributed by atoms with Crippen molar-refractivity contribution in [2.75, 3.05) is 10.6 Å². The molecular weight excluding hydrogens is 274 g/mol. The highest BCUT2D eigenvalue weighted by molar-refractivity contribution is 7.10. The van der Waals surface area contributed by atoms with Crippen molar-refractivity contribution >= 4 is 29.6 Å². The number of nitrogens with one attached hydrogen (secondary N) is 2. The predicted molar refractivity (Wildman–Crippen MR) is 80.0 cm³/mol. The van der Waals surface area contributed by atoms with Crippen molar-refractivity contribution in [1.82, 2.24) is 15.0 Å². The SMILES string of the molecule is Cc1ccsc1CCC(C)Nc1ncnc(NC=O)n1. The van der Waals surface area contributed by atoms with Gasteiger partial charge in [0.05, 0.1) is 0 Å². The van der Waals surface area contributed by atoms with Gasteiger partial charge in [0.15, 0.2) is 0 Å². The molecule has 2 aromatic rings. The molecule has 0 spiro atoms. The van der Waals surface area contributed by atoms with E-state index in [4.69, 9.17) is 0 Å². The number of amides is 1. The molecule has 1 amide bonds. The van der Waals surface area contributed by atoms with E-state index in [0.717, 1.165) is 12.8 Å². The van der Waals surface area contributed by atoms with Gasteiger partial charge in [-0.05, 0) is 43.7 Å². The van der Waals surface area contributed by atoms with Crippen LogP contribution in [0.4, 0.5) is 11.9 Å².